The highest BCUT2D eigenvalue weighted by molar-refractivity contribution is 9.10. The first-order valence-corrected chi connectivity index (χ1v) is 12.5. The van der Waals surface area contributed by atoms with Crippen LogP contribution >= 0.6 is 15.9 Å². The Labute approximate surface area is 212 Å². The number of hydrogen-bond donors (Lipinski definition) is 2. The Kier molecular flexibility index (Phi) is 7.99. The third-order valence-corrected chi connectivity index (χ3v) is 6.99. The van der Waals surface area contributed by atoms with Gasteiger partial charge < -0.3 is 15.2 Å². The van der Waals surface area contributed by atoms with Crippen molar-refractivity contribution in [1.82, 2.24) is 10.3 Å². The molecular weight excluding hydrogens is 514 g/mol. The van der Waals surface area contributed by atoms with E-state index in [1.54, 1.807) is 7.11 Å². The van der Waals surface area contributed by atoms with Crippen LogP contribution in [0.4, 0.5) is 8.78 Å². The largest absolute Gasteiger partial charge is 0.481 e. The summed E-state index contributed by atoms with van der Waals surface area (Å²) in [5.74, 6) is -1.77. The van der Waals surface area contributed by atoms with Gasteiger partial charge in [-0.1, -0.05) is 52.7 Å². The molecule has 0 saturated carbocycles. The number of aromatic nitrogens is 1. The summed E-state index contributed by atoms with van der Waals surface area (Å²) >= 11 is 3.52. The van der Waals surface area contributed by atoms with E-state index in [2.05, 4.69) is 27.3 Å². The van der Waals surface area contributed by atoms with Gasteiger partial charge in [0.1, 0.15) is 17.2 Å². The maximum absolute atomic E-state index is 15.3. The van der Waals surface area contributed by atoms with Crippen LogP contribution in [0.5, 0.6) is 5.88 Å². The van der Waals surface area contributed by atoms with Gasteiger partial charge in [0.2, 0.25) is 5.88 Å². The second kappa shape index (κ2) is 11.0. The molecule has 1 aliphatic rings. The zero-order chi connectivity index (χ0) is 25.0. The zero-order valence-electron chi connectivity index (χ0n) is 19.8. The fraction of sp³-hybridized carbons (Fsp3) is 0.321. The summed E-state index contributed by atoms with van der Waals surface area (Å²) in [4.78, 5) is 4.72. The quantitative estimate of drug-likeness (QED) is 0.302. The highest BCUT2D eigenvalue weighted by atomic mass is 79.9. The van der Waals surface area contributed by atoms with Gasteiger partial charge >= 0.3 is 0 Å². The number of rotatable bonds is 9. The normalized spacial score (nSPS) is 16.1. The van der Waals surface area contributed by atoms with E-state index in [1.165, 1.54) is 12.1 Å². The molecule has 2 N–H and O–H groups in total. The lowest BCUT2D eigenvalue weighted by Gasteiger charge is -2.40. The lowest BCUT2D eigenvalue weighted by atomic mass is 9.69. The van der Waals surface area contributed by atoms with Crippen LogP contribution in [0.1, 0.15) is 43.2 Å². The Morgan fingerprint density at radius 3 is 2.71 bits per heavy atom. The molecule has 0 amide bonds. The highest BCUT2D eigenvalue weighted by Gasteiger charge is 2.44. The monoisotopic (exact) mass is 542 g/mol. The molecule has 1 aromatic heterocycles. The predicted octanol–water partition coefficient (Wildman–Crippen LogP) is 6.53. The van der Waals surface area contributed by atoms with Crippen LogP contribution in [0.2, 0.25) is 0 Å². The fourth-order valence-corrected chi connectivity index (χ4v) is 5.25. The van der Waals surface area contributed by atoms with Crippen LogP contribution < -0.4 is 10.1 Å². The van der Waals surface area contributed by atoms with E-state index in [0.717, 1.165) is 33.4 Å². The fourth-order valence-electron chi connectivity index (χ4n) is 4.87. The van der Waals surface area contributed by atoms with Gasteiger partial charge in [-0.3, -0.25) is 0 Å². The number of methoxy groups -OCH3 is 1. The van der Waals surface area contributed by atoms with E-state index in [9.17, 15) is 9.50 Å². The Balaban J connectivity index is 2.00. The summed E-state index contributed by atoms with van der Waals surface area (Å²) in [7, 11) is 1.54. The third kappa shape index (κ3) is 5.32. The van der Waals surface area contributed by atoms with Crippen molar-refractivity contribution in [3.63, 3.8) is 0 Å². The van der Waals surface area contributed by atoms with Gasteiger partial charge in [-0.25, -0.2) is 13.8 Å². The molecule has 184 valence electrons. The van der Waals surface area contributed by atoms with E-state index in [-0.39, 0.29) is 12.0 Å². The number of fused-ring (bicyclic) bond motifs is 1. The summed E-state index contributed by atoms with van der Waals surface area (Å²) in [5.41, 5.74) is 0.695. The second-order valence-corrected chi connectivity index (χ2v) is 9.63. The number of halogens is 3. The first-order chi connectivity index (χ1) is 16.9. The number of nitrogens with one attached hydrogen (secondary N) is 1. The number of hydrogen-bond acceptors (Lipinski definition) is 4. The van der Waals surface area contributed by atoms with E-state index in [0.29, 0.717) is 31.0 Å². The van der Waals surface area contributed by atoms with E-state index >= 15 is 4.39 Å². The molecule has 3 aromatic rings. The minimum Gasteiger partial charge on any atom is -0.481 e. The van der Waals surface area contributed by atoms with Crippen LogP contribution in [-0.4, -0.2) is 30.3 Å². The van der Waals surface area contributed by atoms with Crippen LogP contribution in [0.3, 0.4) is 0 Å². The number of ether oxygens (including phenoxy) is 1. The Morgan fingerprint density at radius 1 is 1.20 bits per heavy atom. The lowest BCUT2D eigenvalue weighted by molar-refractivity contribution is 0.00462. The Morgan fingerprint density at radius 2 is 2.03 bits per heavy atom. The summed E-state index contributed by atoms with van der Waals surface area (Å²) in [6.45, 7) is 3.11. The molecule has 0 fully saturated rings. The van der Waals surface area contributed by atoms with Gasteiger partial charge in [0.15, 0.2) is 0 Å². The predicted molar refractivity (Wildman–Crippen MR) is 139 cm³/mol. The van der Waals surface area contributed by atoms with Crippen molar-refractivity contribution in [3.05, 3.63) is 93.5 Å². The number of aliphatic hydroxyl groups is 1. The highest BCUT2D eigenvalue weighted by Crippen LogP contribution is 2.49. The van der Waals surface area contributed by atoms with Crippen molar-refractivity contribution in [2.24, 2.45) is 0 Å². The molecule has 0 bridgehead atoms. The van der Waals surface area contributed by atoms with Gasteiger partial charge in [-0.15, -0.1) is 0 Å². The van der Waals surface area contributed by atoms with Crippen molar-refractivity contribution in [1.29, 1.82) is 0 Å². The zero-order valence-corrected chi connectivity index (χ0v) is 21.4. The maximum atomic E-state index is 15.3. The first-order valence-electron chi connectivity index (χ1n) is 11.8. The van der Waals surface area contributed by atoms with Crippen molar-refractivity contribution in [2.45, 2.75) is 37.7 Å². The smallest absolute Gasteiger partial charge is 0.217 e. The number of allylic oxidation sites excluding steroid dienone is 3. The van der Waals surface area contributed by atoms with Crippen LogP contribution in [0.15, 0.2) is 70.7 Å². The summed E-state index contributed by atoms with van der Waals surface area (Å²) < 4.78 is 35.8. The summed E-state index contributed by atoms with van der Waals surface area (Å²) in [6.07, 6.45) is 7.67. The number of nitrogens with zero attached hydrogens (tertiary/aromatic N) is 1. The molecule has 7 heteroatoms. The minimum absolute atomic E-state index is 0.0497. The average Bonchev–Trinajstić information content (AvgIpc) is 2.84. The van der Waals surface area contributed by atoms with E-state index in [1.807, 2.05) is 43.3 Å². The molecule has 2 aromatic carbocycles. The van der Waals surface area contributed by atoms with Gasteiger partial charge in [0.25, 0.3) is 0 Å². The first kappa shape index (κ1) is 25.5. The topological polar surface area (TPSA) is 54.4 Å². The average molecular weight is 543 g/mol. The molecule has 2 unspecified atom stereocenters. The van der Waals surface area contributed by atoms with Gasteiger partial charge in [0.05, 0.1) is 12.6 Å². The molecular formula is C28H29BrF2N2O2. The van der Waals surface area contributed by atoms with E-state index < -0.39 is 23.2 Å². The Hall–Kier alpha value is -2.61. The molecule has 0 radical (unpaired) electrons. The van der Waals surface area contributed by atoms with E-state index in [4.69, 9.17) is 9.72 Å². The molecule has 0 saturated heterocycles. The van der Waals surface area contributed by atoms with Crippen LogP contribution in [-0.2, 0) is 5.60 Å². The SMILES string of the molecule is CCNCCC(O)(c1ccc(F)cc1F)C(C1=CC=CCC1)c1cc2cc(Br)ccc2nc1OC. The standard InChI is InChI=1S/C28H29BrF2N2O2/c1-3-32-14-13-28(34,23-11-10-21(30)17-24(23)31)26(18-7-5-4-6-8-18)22-16-19-15-20(29)9-12-25(19)33-27(22)35-2/h4-5,7,9-12,15-17,26,32,34H,3,6,8,13-14H2,1-2H3. The van der Waals surface area contributed by atoms with Gasteiger partial charge in [-0.05, 0) is 62.7 Å². The van der Waals surface area contributed by atoms with Crippen LogP contribution in [0.25, 0.3) is 10.9 Å². The van der Waals surface area contributed by atoms with Crippen LogP contribution in [0, 0.1) is 11.6 Å². The number of benzene rings is 2. The van der Waals surface area contributed by atoms with Gasteiger partial charge in [-0.2, -0.15) is 0 Å². The molecule has 4 nitrogen and oxygen atoms in total. The lowest BCUT2D eigenvalue weighted by Crippen LogP contribution is -2.39. The summed E-state index contributed by atoms with van der Waals surface area (Å²) in [5, 5.41) is 16.5. The van der Waals surface area contributed by atoms with Crippen molar-refractivity contribution in [2.75, 3.05) is 20.2 Å². The molecule has 4 rings (SSSR count). The molecule has 1 aliphatic carbocycles. The molecule has 0 aliphatic heterocycles. The maximum Gasteiger partial charge on any atom is 0.217 e. The van der Waals surface area contributed by atoms with Crippen molar-refractivity contribution >= 4 is 26.8 Å². The molecule has 0 spiro atoms. The number of pyridine rings is 1. The molecule has 2 atom stereocenters. The second-order valence-electron chi connectivity index (χ2n) is 8.72. The van der Waals surface area contributed by atoms with Crippen molar-refractivity contribution < 1.29 is 18.6 Å². The summed E-state index contributed by atoms with van der Waals surface area (Å²) in [6, 6.07) is 11.1. The Bertz CT molecular complexity index is 1280. The van der Waals surface area contributed by atoms with Crippen molar-refractivity contribution in [3.8, 4) is 5.88 Å². The molecule has 1 heterocycles. The van der Waals surface area contributed by atoms with Gasteiger partial charge in [0, 0.05) is 33.0 Å². The molecule has 35 heavy (non-hydrogen) atoms. The minimum atomic E-state index is -1.69. The third-order valence-electron chi connectivity index (χ3n) is 6.50.